The highest BCUT2D eigenvalue weighted by molar-refractivity contribution is 5.67. The normalized spacial score (nSPS) is 18.2. The van der Waals surface area contributed by atoms with Crippen molar-refractivity contribution in [3.05, 3.63) is 24.0 Å². The molecular weight excluding hydrogens is 224 g/mol. The highest BCUT2D eigenvalue weighted by Gasteiger charge is 2.63. The van der Waals surface area contributed by atoms with Gasteiger partial charge >= 0.3 is 6.18 Å². The van der Waals surface area contributed by atoms with Gasteiger partial charge in [0, 0.05) is 0 Å². The molecule has 0 aliphatic heterocycles. The number of nitrogen functional groups attached to an aromatic ring is 1. The number of rotatable bonds is 2. The van der Waals surface area contributed by atoms with Gasteiger partial charge in [0.05, 0.1) is 11.4 Å². The zero-order valence-corrected chi connectivity index (χ0v) is 8.24. The van der Waals surface area contributed by atoms with Crippen LogP contribution in [0.15, 0.2) is 18.2 Å². The number of anilines is 2. The predicted octanol–water partition coefficient (Wildman–Crippen LogP) is 2.91. The van der Waals surface area contributed by atoms with Crippen LogP contribution in [0.3, 0.4) is 0 Å². The van der Waals surface area contributed by atoms with Gasteiger partial charge in [-0.1, -0.05) is 0 Å². The summed E-state index contributed by atoms with van der Waals surface area (Å²) in [6.45, 7) is 0. The number of halogens is 4. The lowest BCUT2D eigenvalue weighted by molar-refractivity contribution is -0.151. The standard InChI is InChI=1S/C10H10F4N2/c11-6-1-2-8(7(15)5-6)16-9(3-4-9)10(12,13)14/h1-2,5,16H,3-4,15H2. The predicted molar refractivity (Wildman–Crippen MR) is 52.5 cm³/mol. The Morgan fingerprint density at radius 3 is 2.31 bits per heavy atom. The van der Waals surface area contributed by atoms with Crippen LogP contribution < -0.4 is 11.1 Å². The maximum absolute atomic E-state index is 12.7. The largest absolute Gasteiger partial charge is 0.411 e. The van der Waals surface area contributed by atoms with Crippen molar-refractivity contribution in [1.82, 2.24) is 0 Å². The van der Waals surface area contributed by atoms with Gasteiger partial charge in [0.2, 0.25) is 0 Å². The molecule has 2 nitrogen and oxygen atoms in total. The molecule has 1 aromatic carbocycles. The molecule has 3 N–H and O–H groups in total. The highest BCUT2D eigenvalue weighted by atomic mass is 19.4. The molecule has 2 rings (SSSR count). The van der Waals surface area contributed by atoms with E-state index in [1.54, 1.807) is 0 Å². The first-order valence-corrected chi connectivity index (χ1v) is 4.74. The average Bonchev–Trinajstić information content (AvgIpc) is 2.90. The Balaban J connectivity index is 2.22. The third-order valence-corrected chi connectivity index (χ3v) is 2.68. The molecule has 1 aromatic rings. The van der Waals surface area contributed by atoms with E-state index >= 15 is 0 Å². The van der Waals surface area contributed by atoms with Crippen LogP contribution in [0.5, 0.6) is 0 Å². The summed E-state index contributed by atoms with van der Waals surface area (Å²) >= 11 is 0. The number of benzene rings is 1. The molecule has 16 heavy (non-hydrogen) atoms. The van der Waals surface area contributed by atoms with Crippen molar-refractivity contribution in [3.63, 3.8) is 0 Å². The van der Waals surface area contributed by atoms with Crippen molar-refractivity contribution in [1.29, 1.82) is 0 Å². The van der Waals surface area contributed by atoms with E-state index in [1.165, 1.54) is 6.07 Å². The van der Waals surface area contributed by atoms with Gasteiger partial charge in [-0.3, -0.25) is 0 Å². The van der Waals surface area contributed by atoms with E-state index in [9.17, 15) is 17.6 Å². The monoisotopic (exact) mass is 234 g/mol. The maximum Gasteiger partial charge on any atom is 0.411 e. The molecule has 1 aliphatic rings. The van der Waals surface area contributed by atoms with Gasteiger partial charge in [0.15, 0.2) is 0 Å². The molecule has 0 radical (unpaired) electrons. The van der Waals surface area contributed by atoms with Crippen LogP contribution in [0.2, 0.25) is 0 Å². The van der Waals surface area contributed by atoms with Crippen molar-refractivity contribution >= 4 is 11.4 Å². The van der Waals surface area contributed by atoms with Crippen LogP contribution in [-0.4, -0.2) is 11.7 Å². The molecule has 0 saturated heterocycles. The molecule has 0 bridgehead atoms. The molecule has 0 aromatic heterocycles. The number of nitrogens with one attached hydrogen (secondary N) is 1. The topological polar surface area (TPSA) is 38.0 Å². The van der Waals surface area contributed by atoms with Gasteiger partial charge in [0.25, 0.3) is 0 Å². The van der Waals surface area contributed by atoms with E-state index in [4.69, 9.17) is 5.73 Å². The molecule has 0 unspecified atom stereocenters. The van der Waals surface area contributed by atoms with Gasteiger partial charge in [-0.2, -0.15) is 13.2 Å². The first-order valence-electron chi connectivity index (χ1n) is 4.74. The van der Waals surface area contributed by atoms with E-state index < -0.39 is 17.5 Å². The van der Waals surface area contributed by atoms with Gasteiger partial charge in [-0.15, -0.1) is 0 Å². The second kappa shape index (κ2) is 3.26. The Bertz CT molecular complexity index is 410. The molecule has 1 fully saturated rings. The number of hydrogen-bond donors (Lipinski definition) is 2. The molecule has 1 saturated carbocycles. The second-order valence-electron chi connectivity index (χ2n) is 3.94. The smallest absolute Gasteiger partial charge is 0.397 e. The van der Waals surface area contributed by atoms with Crippen LogP contribution in [-0.2, 0) is 0 Å². The van der Waals surface area contributed by atoms with E-state index in [-0.39, 0.29) is 24.2 Å². The molecular formula is C10H10F4N2. The van der Waals surface area contributed by atoms with Crippen LogP contribution in [0.1, 0.15) is 12.8 Å². The Labute approximate surface area is 89.4 Å². The summed E-state index contributed by atoms with van der Waals surface area (Å²) in [7, 11) is 0. The number of nitrogens with two attached hydrogens (primary N) is 1. The Hall–Kier alpha value is -1.46. The molecule has 88 valence electrons. The summed E-state index contributed by atoms with van der Waals surface area (Å²) in [6, 6.07) is 3.29. The lowest BCUT2D eigenvalue weighted by Gasteiger charge is -2.22. The SMILES string of the molecule is Nc1cc(F)ccc1NC1(C(F)(F)F)CC1. The Morgan fingerprint density at radius 1 is 1.25 bits per heavy atom. The van der Waals surface area contributed by atoms with E-state index in [1.807, 2.05) is 0 Å². The van der Waals surface area contributed by atoms with Crippen LogP contribution in [0.25, 0.3) is 0 Å². The van der Waals surface area contributed by atoms with Gasteiger partial charge in [-0.05, 0) is 31.0 Å². The Kier molecular flexibility index (Phi) is 2.25. The Morgan fingerprint density at radius 2 is 1.88 bits per heavy atom. The first kappa shape index (κ1) is 11.0. The molecule has 0 spiro atoms. The van der Waals surface area contributed by atoms with Crippen molar-refractivity contribution < 1.29 is 17.6 Å². The summed E-state index contributed by atoms with van der Waals surface area (Å²) in [4.78, 5) is 0. The third kappa shape index (κ3) is 1.79. The fourth-order valence-electron chi connectivity index (χ4n) is 1.51. The molecule has 6 heteroatoms. The maximum atomic E-state index is 12.7. The van der Waals surface area contributed by atoms with E-state index in [2.05, 4.69) is 5.32 Å². The quantitative estimate of drug-likeness (QED) is 0.610. The first-order chi connectivity index (χ1) is 7.34. The molecule has 0 atom stereocenters. The minimum atomic E-state index is -4.31. The summed E-state index contributed by atoms with van der Waals surface area (Å²) in [5.74, 6) is -0.570. The van der Waals surface area contributed by atoms with Crippen LogP contribution >= 0.6 is 0 Å². The molecule has 1 aliphatic carbocycles. The van der Waals surface area contributed by atoms with E-state index in [0.717, 1.165) is 12.1 Å². The van der Waals surface area contributed by atoms with Crippen molar-refractivity contribution in [2.75, 3.05) is 11.1 Å². The van der Waals surface area contributed by atoms with Gasteiger partial charge in [0.1, 0.15) is 11.4 Å². The minimum Gasteiger partial charge on any atom is -0.397 e. The second-order valence-corrected chi connectivity index (χ2v) is 3.94. The summed E-state index contributed by atoms with van der Waals surface area (Å²) < 4.78 is 50.5. The van der Waals surface area contributed by atoms with Crippen LogP contribution in [0, 0.1) is 5.82 Å². The fourth-order valence-corrected chi connectivity index (χ4v) is 1.51. The van der Waals surface area contributed by atoms with Gasteiger partial charge in [-0.25, -0.2) is 4.39 Å². The summed E-state index contributed by atoms with van der Waals surface area (Å²) in [5, 5.41) is 2.35. The van der Waals surface area contributed by atoms with Crippen molar-refractivity contribution in [2.45, 2.75) is 24.6 Å². The number of alkyl halides is 3. The molecule has 0 amide bonds. The third-order valence-electron chi connectivity index (χ3n) is 2.68. The van der Waals surface area contributed by atoms with Crippen LogP contribution in [0.4, 0.5) is 28.9 Å². The lowest BCUT2D eigenvalue weighted by atomic mass is 10.2. The highest BCUT2D eigenvalue weighted by Crippen LogP contribution is 2.51. The summed E-state index contributed by atoms with van der Waals surface area (Å²) in [6.07, 6.45) is -4.27. The zero-order chi connectivity index (χ0) is 12.0. The average molecular weight is 234 g/mol. The van der Waals surface area contributed by atoms with E-state index in [0.29, 0.717) is 0 Å². The minimum absolute atomic E-state index is 0.0180. The van der Waals surface area contributed by atoms with Crippen molar-refractivity contribution in [2.24, 2.45) is 0 Å². The van der Waals surface area contributed by atoms with Gasteiger partial charge < -0.3 is 11.1 Å². The number of hydrogen-bond acceptors (Lipinski definition) is 2. The zero-order valence-electron chi connectivity index (χ0n) is 8.24. The summed E-state index contributed by atoms with van der Waals surface area (Å²) in [5.41, 5.74) is 3.66. The molecule has 0 heterocycles. The lowest BCUT2D eigenvalue weighted by Crippen LogP contribution is -2.38. The van der Waals surface area contributed by atoms with Crippen molar-refractivity contribution in [3.8, 4) is 0 Å². The fraction of sp³-hybridized carbons (Fsp3) is 0.400.